The second-order valence-electron chi connectivity index (χ2n) is 5.90. The molecule has 2 rings (SSSR count). The summed E-state index contributed by atoms with van der Waals surface area (Å²) in [6.45, 7) is 5.76. The molecule has 2 aromatic carbocycles. The molecule has 2 N–H and O–H groups in total. The SMILES string of the molecule is CC(C)(C)c1cc(S(=O)(=O)Nc2ccccc2)ccc1O. The van der Waals surface area contributed by atoms with Crippen LogP contribution in [0.4, 0.5) is 5.69 Å². The van der Waals surface area contributed by atoms with Crippen LogP contribution in [0.15, 0.2) is 53.4 Å². The topological polar surface area (TPSA) is 66.4 Å². The van der Waals surface area contributed by atoms with E-state index >= 15 is 0 Å². The van der Waals surface area contributed by atoms with Crippen molar-refractivity contribution in [2.24, 2.45) is 0 Å². The standard InChI is InChI=1S/C16H19NO3S/c1-16(2,3)14-11-13(9-10-15(14)18)21(19,20)17-12-7-5-4-6-8-12/h4-11,17-18H,1-3H3. The van der Waals surface area contributed by atoms with E-state index in [1.807, 2.05) is 26.8 Å². The number of sulfonamides is 1. The first kappa shape index (κ1) is 15.4. The highest BCUT2D eigenvalue weighted by Crippen LogP contribution is 2.32. The van der Waals surface area contributed by atoms with Crippen molar-refractivity contribution in [3.05, 3.63) is 54.1 Å². The summed E-state index contributed by atoms with van der Waals surface area (Å²) in [5, 5.41) is 9.91. The van der Waals surface area contributed by atoms with Crippen molar-refractivity contribution < 1.29 is 13.5 Å². The molecule has 0 saturated heterocycles. The minimum Gasteiger partial charge on any atom is -0.508 e. The van der Waals surface area contributed by atoms with Crippen LogP contribution in [0, 0.1) is 0 Å². The van der Waals surface area contributed by atoms with Crippen LogP contribution in [0.3, 0.4) is 0 Å². The lowest BCUT2D eigenvalue weighted by Crippen LogP contribution is -2.16. The smallest absolute Gasteiger partial charge is 0.261 e. The number of anilines is 1. The van der Waals surface area contributed by atoms with E-state index in [4.69, 9.17) is 0 Å². The van der Waals surface area contributed by atoms with Crippen molar-refractivity contribution in [3.63, 3.8) is 0 Å². The molecule has 112 valence electrons. The van der Waals surface area contributed by atoms with E-state index < -0.39 is 10.0 Å². The Morgan fingerprint density at radius 1 is 1.00 bits per heavy atom. The van der Waals surface area contributed by atoms with E-state index in [1.165, 1.54) is 18.2 Å². The van der Waals surface area contributed by atoms with Gasteiger partial charge in [-0.15, -0.1) is 0 Å². The van der Waals surface area contributed by atoms with E-state index in [1.54, 1.807) is 24.3 Å². The van der Waals surface area contributed by atoms with E-state index in [0.717, 1.165) is 0 Å². The van der Waals surface area contributed by atoms with Crippen LogP contribution in [0.2, 0.25) is 0 Å². The third-order valence-corrected chi connectivity index (χ3v) is 4.49. The molecule has 0 bridgehead atoms. The molecule has 0 aliphatic heterocycles. The Hall–Kier alpha value is -2.01. The van der Waals surface area contributed by atoms with Crippen LogP contribution in [0.5, 0.6) is 5.75 Å². The number of aromatic hydroxyl groups is 1. The Morgan fingerprint density at radius 2 is 1.62 bits per heavy atom. The van der Waals surface area contributed by atoms with Gasteiger partial charge >= 0.3 is 0 Å². The Balaban J connectivity index is 2.42. The van der Waals surface area contributed by atoms with Gasteiger partial charge in [-0.25, -0.2) is 8.42 Å². The molecule has 21 heavy (non-hydrogen) atoms. The molecule has 0 fully saturated rings. The van der Waals surface area contributed by atoms with Crippen molar-refractivity contribution in [1.29, 1.82) is 0 Å². The highest BCUT2D eigenvalue weighted by Gasteiger charge is 2.22. The van der Waals surface area contributed by atoms with Gasteiger partial charge in [0.2, 0.25) is 0 Å². The Labute approximate surface area is 125 Å². The highest BCUT2D eigenvalue weighted by molar-refractivity contribution is 7.92. The summed E-state index contributed by atoms with van der Waals surface area (Å²) in [4.78, 5) is 0.133. The Morgan fingerprint density at radius 3 is 2.19 bits per heavy atom. The zero-order valence-corrected chi connectivity index (χ0v) is 13.1. The van der Waals surface area contributed by atoms with Gasteiger partial charge in [-0.3, -0.25) is 4.72 Å². The maximum Gasteiger partial charge on any atom is 0.261 e. The average molecular weight is 305 g/mol. The molecule has 0 saturated carbocycles. The minimum absolute atomic E-state index is 0.0983. The van der Waals surface area contributed by atoms with Gasteiger partial charge in [0.1, 0.15) is 5.75 Å². The number of phenols is 1. The van der Waals surface area contributed by atoms with Gasteiger partial charge in [-0.2, -0.15) is 0 Å². The lowest BCUT2D eigenvalue weighted by molar-refractivity contribution is 0.445. The molecule has 0 spiro atoms. The van der Waals surface area contributed by atoms with E-state index in [0.29, 0.717) is 11.3 Å². The van der Waals surface area contributed by atoms with Gasteiger partial charge in [0, 0.05) is 11.3 Å². The zero-order valence-electron chi connectivity index (χ0n) is 12.3. The summed E-state index contributed by atoms with van der Waals surface area (Å²) in [6, 6.07) is 13.0. The summed E-state index contributed by atoms with van der Waals surface area (Å²) < 4.78 is 27.3. The van der Waals surface area contributed by atoms with Crippen molar-refractivity contribution in [2.75, 3.05) is 4.72 Å². The van der Waals surface area contributed by atoms with Crippen LogP contribution in [0.25, 0.3) is 0 Å². The van der Waals surface area contributed by atoms with E-state index in [9.17, 15) is 13.5 Å². The molecule has 0 unspecified atom stereocenters. The summed E-state index contributed by atoms with van der Waals surface area (Å²) in [6.07, 6.45) is 0. The van der Waals surface area contributed by atoms with Crippen molar-refractivity contribution >= 4 is 15.7 Å². The van der Waals surface area contributed by atoms with E-state index in [-0.39, 0.29) is 16.1 Å². The molecule has 2 aromatic rings. The zero-order chi connectivity index (χ0) is 15.7. The van der Waals surface area contributed by atoms with Crippen molar-refractivity contribution in [3.8, 4) is 5.75 Å². The molecular formula is C16H19NO3S. The largest absolute Gasteiger partial charge is 0.508 e. The van der Waals surface area contributed by atoms with E-state index in [2.05, 4.69) is 4.72 Å². The first-order valence-electron chi connectivity index (χ1n) is 6.61. The normalized spacial score (nSPS) is 12.1. The molecule has 0 radical (unpaired) electrons. The average Bonchev–Trinajstić information content (AvgIpc) is 2.38. The lowest BCUT2D eigenvalue weighted by atomic mass is 9.86. The molecular weight excluding hydrogens is 286 g/mol. The molecule has 0 aromatic heterocycles. The molecule has 4 nitrogen and oxygen atoms in total. The van der Waals surface area contributed by atoms with Crippen molar-refractivity contribution in [2.45, 2.75) is 31.1 Å². The number of hydrogen-bond donors (Lipinski definition) is 2. The number of benzene rings is 2. The molecule has 0 amide bonds. The Bertz CT molecular complexity index is 732. The Kier molecular flexibility index (Phi) is 3.96. The third kappa shape index (κ3) is 3.55. The predicted molar refractivity (Wildman–Crippen MR) is 84.1 cm³/mol. The highest BCUT2D eigenvalue weighted by atomic mass is 32.2. The predicted octanol–water partition coefficient (Wildman–Crippen LogP) is 3.49. The van der Waals surface area contributed by atoms with Gasteiger partial charge in [0.15, 0.2) is 0 Å². The van der Waals surface area contributed by atoms with Gasteiger partial charge < -0.3 is 5.11 Å². The number of rotatable bonds is 3. The number of hydrogen-bond acceptors (Lipinski definition) is 3. The maximum atomic E-state index is 12.4. The van der Waals surface area contributed by atoms with Crippen LogP contribution in [-0.4, -0.2) is 13.5 Å². The third-order valence-electron chi connectivity index (χ3n) is 3.11. The quantitative estimate of drug-likeness (QED) is 0.912. The van der Waals surface area contributed by atoms with Gasteiger partial charge in [0.25, 0.3) is 10.0 Å². The van der Waals surface area contributed by atoms with Crippen LogP contribution in [-0.2, 0) is 15.4 Å². The molecule has 0 heterocycles. The van der Waals surface area contributed by atoms with Crippen molar-refractivity contribution in [1.82, 2.24) is 0 Å². The molecule has 0 aliphatic rings. The monoisotopic (exact) mass is 305 g/mol. The summed E-state index contributed by atoms with van der Waals surface area (Å²) in [5.41, 5.74) is 0.754. The lowest BCUT2D eigenvalue weighted by Gasteiger charge is -2.21. The van der Waals surface area contributed by atoms with Crippen LogP contribution >= 0.6 is 0 Å². The number of phenolic OH excluding ortho intramolecular Hbond substituents is 1. The second kappa shape index (κ2) is 5.41. The summed E-state index contributed by atoms with van der Waals surface area (Å²) in [5.74, 6) is 0.0983. The fourth-order valence-corrected chi connectivity index (χ4v) is 3.09. The maximum absolute atomic E-state index is 12.4. The second-order valence-corrected chi connectivity index (χ2v) is 7.58. The van der Waals surface area contributed by atoms with Crippen LogP contribution < -0.4 is 4.72 Å². The molecule has 0 atom stereocenters. The minimum atomic E-state index is -3.67. The van der Waals surface area contributed by atoms with Crippen LogP contribution in [0.1, 0.15) is 26.3 Å². The fraction of sp³-hybridized carbons (Fsp3) is 0.250. The molecule has 5 heteroatoms. The van der Waals surface area contributed by atoms with Gasteiger partial charge in [-0.1, -0.05) is 39.0 Å². The number of para-hydroxylation sites is 1. The fourth-order valence-electron chi connectivity index (χ4n) is 2.00. The summed E-state index contributed by atoms with van der Waals surface area (Å²) in [7, 11) is -3.67. The van der Waals surface area contributed by atoms with Gasteiger partial charge in [-0.05, 0) is 35.7 Å². The molecule has 0 aliphatic carbocycles. The summed E-state index contributed by atoms with van der Waals surface area (Å²) >= 11 is 0. The van der Waals surface area contributed by atoms with Gasteiger partial charge in [0.05, 0.1) is 4.90 Å². The first-order valence-corrected chi connectivity index (χ1v) is 8.10. The first-order chi connectivity index (χ1) is 9.70. The number of nitrogens with one attached hydrogen (secondary N) is 1.